The first kappa shape index (κ1) is 20.1. The summed E-state index contributed by atoms with van der Waals surface area (Å²) < 4.78 is 5.32. The molecule has 0 spiro atoms. The summed E-state index contributed by atoms with van der Waals surface area (Å²) in [5.41, 5.74) is -0.559. The van der Waals surface area contributed by atoms with Gasteiger partial charge in [0.15, 0.2) is 0 Å². The highest BCUT2D eigenvalue weighted by molar-refractivity contribution is 5.83. The number of carbonyl (C=O) groups excluding carboxylic acids is 2. The number of urea groups is 1. The van der Waals surface area contributed by atoms with Crippen LogP contribution in [0.5, 0.6) is 0 Å². The third-order valence-electron chi connectivity index (χ3n) is 3.81. The minimum absolute atomic E-state index is 0.195. The van der Waals surface area contributed by atoms with E-state index in [0.717, 1.165) is 0 Å². The molecule has 138 valence electrons. The van der Waals surface area contributed by atoms with Gasteiger partial charge in [-0.2, -0.15) is 0 Å². The molecule has 1 N–H and O–H groups in total. The second-order valence-electron chi connectivity index (χ2n) is 7.38. The van der Waals surface area contributed by atoms with Gasteiger partial charge in [0.2, 0.25) is 0 Å². The lowest BCUT2D eigenvalue weighted by molar-refractivity contribution is -0.143. The quantitative estimate of drug-likeness (QED) is 0.842. The normalized spacial score (nSPS) is 16.8. The summed E-state index contributed by atoms with van der Waals surface area (Å²) in [7, 11) is 1.50. The molecule has 0 radical (unpaired) electrons. The number of amides is 3. The lowest BCUT2D eigenvalue weighted by Crippen LogP contribution is -2.57. The number of carbonyl (C=O) groups is 3. The van der Waals surface area contributed by atoms with Crippen LogP contribution < -0.4 is 0 Å². The van der Waals surface area contributed by atoms with E-state index in [-0.39, 0.29) is 11.9 Å². The van der Waals surface area contributed by atoms with E-state index in [1.165, 1.54) is 11.9 Å². The maximum absolute atomic E-state index is 12.5. The van der Waals surface area contributed by atoms with Crippen LogP contribution in [0.3, 0.4) is 0 Å². The molecular formula is C16H29N3O5. The van der Waals surface area contributed by atoms with Gasteiger partial charge < -0.3 is 24.5 Å². The van der Waals surface area contributed by atoms with Crippen molar-refractivity contribution in [2.45, 2.75) is 46.3 Å². The average Bonchev–Trinajstić information content (AvgIpc) is 2.44. The van der Waals surface area contributed by atoms with Gasteiger partial charge >= 0.3 is 18.1 Å². The molecule has 0 aromatic carbocycles. The lowest BCUT2D eigenvalue weighted by Gasteiger charge is -2.38. The first-order chi connectivity index (χ1) is 10.9. The van der Waals surface area contributed by atoms with Gasteiger partial charge in [0, 0.05) is 33.2 Å². The largest absolute Gasteiger partial charge is 0.480 e. The minimum atomic E-state index is -1.02. The Morgan fingerprint density at radius 2 is 1.50 bits per heavy atom. The fourth-order valence-electron chi connectivity index (χ4n) is 2.65. The summed E-state index contributed by atoms with van der Waals surface area (Å²) in [6.07, 6.45) is -0.395. The van der Waals surface area contributed by atoms with Crippen molar-refractivity contribution in [1.82, 2.24) is 14.7 Å². The van der Waals surface area contributed by atoms with Gasteiger partial charge in [-0.05, 0) is 26.7 Å². The van der Waals surface area contributed by atoms with Crippen molar-refractivity contribution < 1.29 is 24.2 Å². The Hall–Kier alpha value is -1.99. The molecule has 1 saturated heterocycles. The fourth-order valence-corrected chi connectivity index (χ4v) is 2.65. The Bertz CT molecular complexity index is 479. The van der Waals surface area contributed by atoms with Crippen LogP contribution in [-0.2, 0) is 9.53 Å². The van der Waals surface area contributed by atoms with E-state index in [9.17, 15) is 19.5 Å². The maximum atomic E-state index is 12.5. The van der Waals surface area contributed by atoms with Crippen molar-refractivity contribution in [2.75, 3.05) is 33.2 Å². The maximum Gasteiger partial charge on any atom is 0.410 e. The number of hydrogen-bond donors (Lipinski definition) is 1. The van der Waals surface area contributed by atoms with Crippen LogP contribution in [0.15, 0.2) is 0 Å². The number of likely N-dealkylation sites (N-methyl/N-ethyl adjacent to an activating group) is 1. The second-order valence-corrected chi connectivity index (χ2v) is 7.38. The molecule has 0 aliphatic carbocycles. The molecule has 3 amide bonds. The number of hydrogen-bond acceptors (Lipinski definition) is 4. The van der Waals surface area contributed by atoms with Crippen LogP contribution in [0.1, 0.15) is 34.6 Å². The molecule has 1 rings (SSSR count). The summed E-state index contributed by atoms with van der Waals surface area (Å²) >= 11 is 0. The van der Waals surface area contributed by atoms with Crippen molar-refractivity contribution >= 4 is 18.1 Å². The molecule has 0 aromatic rings. The van der Waals surface area contributed by atoms with Crippen LogP contribution in [0.25, 0.3) is 0 Å². The van der Waals surface area contributed by atoms with E-state index in [0.29, 0.717) is 26.2 Å². The van der Waals surface area contributed by atoms with E-state index in [1.54, 1.807) is 44.4 Å². The number of rotatable bonds is 3. The number of nitrogens with zero attached hydrogens (tertiary/aromatic N) is 3. The minimum Gasteiger partial charge on any atom is -0.480 e. The van der Waals surface area contributed by atoms with Crippen molar-refractivity contribution in [3.63, 3.8) is 0 Å². The molecule has 8 nitrogen and oxygen atoms in total. The zero-order valence-electron chi connectivity index (χ0n) is 15.4. The number of carboxylic acid groups (broad SMARTS) is 1. The third kappa shape index (κ3) is 5.28. The number of piperazine rings is 1. The average molecular weight is 343 g/mol. The first-order valence-electron chi connectivity index (χ1n) is 8.16. The number of aliphatic carboxylic acids is 1. The monoisotopic (exact) mass is 343 g/mol. The van der Waals surface area contributed by atoms with Gasteiger partial charge in [0.05, 0.1) is 0 Å². The number of ether oxygens (including phenoxy) is 1. The molecule has 0 unspecified atom stereocenters. The van der Waals surface area contributed by atoms with Gasteiger partial charge in [-0.1, -0.05) is 13.8 Å². The van der Waals surface area contributed by atoms with E-state index >= 15 is 0 Å². The van der Waals surface area contributed by atoms with E-state index < -0.39 is 23.7 Å². The second kappa shape index (κ2) is 7.72. The summed E-state index contributed by atoms with van der Waals surface area (Å²) in [4.78, 5) is 40.3. The van der Waals surface area contributed by atoms with Crippen LogP contribution in [0.2, 0.25) is 0 Å². The lowest BCUT2D eigenvalue weighted by atomic mass is 10.0. The van der Waals surface area contributed by atoms with Crippen molar-refractivity contribution in [3.8, 4) is 0 Å². The van der Waals surface area contributed by atoms with Crippen molar-refractivity contribution in [3.05, 3.63) is 0 Å². The van der Waals surface area contributed by atoms with E-state index in [4.69, 9.17) is 4.74 Å². The standard InChI is InChI=1S/C16H29N3O5/c1-11(2)12(13(20)21)17(6)14(22)18-7-9-19(10-8-18)15(23)24-16(3,4)5/h11-12H,7-10H2,1-6H3,(H,20,21)/t12-/m0/s1. The van der Waals surface area contributed by atoms with Gasteiger partial charge in [-0.3, -0.25) is 0 Å². The summed E-state index contributed by atoms with van der Waals surface area (Å²) in [5, 5.41) is 9.30. The third-order valence-corrected chi connectivity index (χ3v) is 3.81. The molecule has 1 atom stereocenters. The Morgan fingerprint density at radius 3 is 1.88 bits per heavy atom. The smallest absolute Gasteiger partial charge is 0.410 e. The molecule has 1 aliphatic rings. The van der Waals surface area contributed by atoms with E-state index in [1.807, 2.05) is 0 Å². The van der Waals surface area contributed by atoms with Gasteiger partial charge in [-0.25, -0.2) is 14.4 Å². The predicted molar refractivity (Wildman–Crippen MR) is 88.8 cm³/mol. The van der Waals surface area contributed by atoms with Crippen LogP contribution in [0.4, 0.5) is 9.59 Å². The molecule has 0 bridgehead atoms. The van der Waals surface area contributed by atoms with Crippen molar-refractivity contribution in [2.24, 2.45) is 5.92 Å². The number of carboxylic acids is 1. The fraction of sp³-hybridized carbons (Fsp3) is 0.812. The molecule has 1 aliphatic heterocycles. The van der Waals surface area contributed by atoms with Crippen molar-refractivity contribution in [1.29, 1.82) is 0 Å². The summed E-state index contributed by atoms with van der Waals surface area (Å²) in [6.45, 7) is 10.4. The van der Waals surface area contributed by atoms with Crippen LogP contribution in [-0.4, -0.2) is 82.8 Å². The Balaban J connectivity index is 2.62. The summed E-state index contributed by atoms with van der Waals surface area (Å²) in [5.74, 6) is -1.22. The molecular weight excluding hydrogens is 314 g/mol. The Labute approximate surface area is 143 Å². The summed E-state index contributed by atoms with van der Waals surface area (Å²) in [6, 6.07) is -1.21. The van der Waals surface area contributed by atoms with Crippen LogP contribution >= 0.6 is 0 Å². The van der Waals surface area contributed by atoms with Gasteiger partial charge in [0.25, 0.3) is 0 Å². The highest BCUT2D eigenvalue weighted by Crippen LogP contribution is 2.15. The molecule has 0 aromatic heterocycles. The zero-order chi connectivity index (χ0) is 18.7. The molecule has 1 fully saturated rings. The predicted octanol–water partition coefficient (Wildman–Crippen LogP) is 1.70. The highest BCUT2D eigenvalue weighted by atomic mass is 16.6. The van der Waals surface area contributed by atoms with Gasteiger partial charge in [0.1, 0.15) is 11.6 Å². The van der Waals surface area contributed by atoms with Gasteiger partial charge in [-0.15, -0.1) is 0 Å². The Morgan fingerprint density at radius 1 is 1.04 bits per heavy atom. The molecule has 8 heteroatoms. The topological polar surface area (TPSA) is 90.4 Å². The Kier molecular flexibility index (Phi) is 6.45. The SMILES string of the molecule is CC(C)[C@@H](C(=O)O)N(C)C(=O)N1CCN(C(=O)OC(C)(C)C)CC1. The van der Waals surface area contributed by atoms with E-state index in [2.05, 4.69) is 0 Å². The first-order valence-corrected chi connectivity index (χ1v) is 8.16. The zero-order valence-corrected chi connectivity index (χ0v) is 15.4. The molecule has 1 heterocycles. The van der Waals surface area contributed by atoms with Crippen LogP contribution in [0, 0.1) is 5.92 Å². The molecule has 0 saturated carbocycles. The molecule has 24 heavy (non-hydrogen) atoms. The highest BCUT2D eigenvalue weighted by Gasteiger charge is 2.34.